The van der Waals surface area contributed by atoms with Gasteiger partial charge in [-0.15, -0.1) is 0 Å². The predicted octanol–water partition coefficient (Wildman–Crippen LogP) is -2.47. The summed E-state index contributed by atoms with van der Waals surface area (Å²) < 4.78 is 21.8. The molecule has 0 atom stereocenters. The summed E-state index contributed by atoms with van der Waals surface area (Å²) in [6.07, 6.45) is 0. The van der Waals surface area contributed by atoms with Gasteiger partial charge in [-0.3, -0.25) is 0 Å². The second kappa shape index (κ2) is 4.95. The van der Waals surface area contributed by atoms with E-state index in [4.69, 9.17) is 0 Å². The maximum absolute atomic E-state index is 10.9. The van der Waals surface area contributed by atoms with E-state index in [-0.39, 0.29) is 5.75 Å². The number of rotatable bonds is 5. The number of hydrogen-bond donors (Lipinski definition) is 2. The minimum atomic E-state index is -2.88. The Morgan fingerprint density at radius 2 is 1.80 bits per heavy atom. The molecule has 62 valence electrons. The van der Waals surface area contributed by atoms with Gasteiger partial charge in [0.15, 0.2) is 0 Å². The normalized spacial score (nSPS) is 11.8. The maximum Gasteiger partial charge on any atom is 0.207 e. The molecule has 6 heteroatoms. The molecule has 0 spiro atoms. The predicted molar refractivity (Wildman–Crippen MR) is 41.8 cm³/mol. The fraction of sp³-hybridized carbons (Fsp3) is 1.00. The van der Waals surface area contributed by atoms with Crippen molar-refractivity contribution in [2.24, 2.45) is 0 Å². The quantitative estimate of drug-likeness (QED) is 0.466. The lowest BCUT2D eigenvalue weighted by Crippen LogP contribution is -2.53. The SMILES string of the molecule is [NH3+]CCSS(=O)(=O)CC[NH3+]. The molecule has 0 aliphatic carbocycles. The summed E-state index contributed by atoms with van der Waals surface area (Å²) in [4.78, 5) is 0. The Kier molecular flexibility index (Phi) is 5.06. The fourth-order valence-electron chi connectivity index (χ4n) is 0.422. The van der Waals surface area contributed by atoms with Crippen molar-refractivity contribution in [2.45, 2.75) is 0 Å². The third kappa shape index (κ3) is 5.04. The van der Waals surface area contributed by atoms with E-state index in [1.165, 1.54) is 0 Å². The fourth-order valence-corrected chi connectivity index (χ4v) is 3.09. The molecular formula is C4H14N2O2S2+2. The summed E-state index contributed by atoms with van der Waals surface area (Å²) in [6, 6.07) is 0. The lowest BCUT2D eigenvalue weighted by Gasteiger charge is -1.96. The second-order valence-electron chi connectivity index (χ2n) is 1.79. The third-order valence-electron chi connectivity index (χ3n) is 0.802. The van der Waals surface area contributed by atoms with Gasteiger partial charge in [0.2, 0.25) is 8.87 Å². The van der Waals surface area contributed by atoms with Crippen molar-refractivity contribution in [2.75, 3.05) is 24.6 Å². The van der Waals surface area contributed by atoms with Crippen LogP contribution in [0, 0.1) is 0 Å². The molecule has 0 aromatic carbocycles. The van der Waals surface area contributed by atoms with Crippen molar-refractivity contribution < 1.29 is 19.9 Å². The minimum Gasteiger partial charge on any atom is -0.357 e. The Morgan fingerprint density at radius 1 is 1.20 bits per heavy atom. The van der Waals surface area contributed by atoms with Crippen LogP contribution in [0.1, 0.15) is 0 Å². The van der Waals surface area contributed by atoms with Gasteiger partial charge in [-0.05, 0) is 10.8 Å². The highest BCUT2D eigenvalue weighted by molar-refractivity contribution is 8.72. The highest BCUT2D eigenvalue weighted by Crippen LogP contribution is 2.09. The van der Waals surface area contributed by atoms with Crippen molar-refractivity contribution >= 4 is 19.7 Å². The van der Waals surface area contributed by atoms with Crippen LogP contribution in [0.4, 0.5) is 0 Å². The van der Waals surface area contributed by atoms with E-state index in [9.17, 15) is 8.42 Å². The van der Waals surface area contributed by atoms with Gasteiger partial charge in [-0.2, -0.15) is 0 Å². The monoisotopic (exact) mass is 186 g/mol. The molecule has 0 saturated carbocycles. The van der Waals surface area contributed by atoms with Gasteiger partial charge in [-0.25, -0.2) is 8.42 Å². The van der Waals surface area contributed by atoms with Gasteiger partial charge in [0.05, 0.1) is 18.8 Å². The maximum atomic E-state index is 10.9. The molecule has 10 heavy (non-hydrogen) atoms. The van der Waals surface area contributed by atoms with Crippen LogP contribution >= 0.6 is 10.8 Å². The molecule has 0 aromatic heterocycles. The lowest BCUT2D eigenvalue weighted by molar-refractivity contribution is -0.361. The van der Waals surface area contributed by atoms with Gasteiger partial charge >= 0.3 is 0 Å². The van der Waals surface area contributed by atoms with E-state index in [1.807, 2.05) is 0 Å². The molecule has 0 rings (SSSR count). The van der Waals surface area contributed by atoms with E-state index >= 15 is 0 Å². The first-order valence-corrected chi connectivity index (χ1v) is 6.23. The van der Waals surface area contributed by atoms with Gasteiger partial charge in [-0.1, -0.05) is 0 Å². The van der Waals surface area contributed by atoms with Crippen molar-refractivity contribution in [3.8, 4) is 0 Å². The Hall–Kier alpha value is 0.220. The van der Waals surface area contributed by atoms with Gasteiger partial charge in [0, 0.05) is 0 Å². The molecule has 0 aliphatic heterocycles. The number of quaternary nitrogens is 2. The van der Waals surface area contributed by atoms with E-state index in [2.05, 4.69) is 11.5 Å². The van der Waals surface area contributed by atoms with E-state index in [1.54, 1.807) is 0 Å². The molecule has 0 unspecified atom stereocenters. The van der Waals surface area contributed by atoms with Crippen molar-refractivity contribution in [3.63, 3.8) is 0 Å². The highest BCUT2D eigenvalue weighted by Gasteiger charge is 2.09. The van der Waals surface area contributed by atoms with Crippen LogP contribution in [0.25, 0.3) is 0 Å². The molecule has 0 heterocycles. The molecule has 0 bridgehead atoms. The molecular weight excluding hydrogens is 172 g/mol. The molecule has 0 saturated heterocycles. The van der Waals surface area contributed by atoms with Crippen LogP contribution in [0.2, 0.25) is 0 Å². The smallest absolute Gasteiger partial charge is 0.207 e. The third-order valence-corrected chi connectivity index (χ3v) is 4.48. The Balaban J connectivity index is 3.65. The molecule has 0 amide bonds. The molecule has 0 fully saturated rings. The van der Waals surface area contributed by atoms with E-state index < -0.39 is 8.87 Å². The van der Waals surface area contributed by atoms with Crippen LogP contribution in [-0.4, -0.2) is 33.0 Å². The summed E-state index contributed by atoms with van der Waals surface area (Å²) in [5.41, 5.74) is 7.02. The van der Waals surface area contributed by atoms with Gasteiger partial charge in [0.25, 0.3) is 0 Å². The minimum absolute atomic E-state index is 0.178. The highest BCUT2D eigenvalue weighted by atomic mass is 33.1. The summed E-state index contributed by atoms with van der Waals surface area (Å²) in [6.45, 7) is 1.10. The average molecular weight is 186 g/mol. The summed E-state index contributed by atoms with van der Waals surface area (Å²) >= 11 is 0. The average Bonchev–Trinajstić information content (AvgIpc) is 1.84. The topological polar surface area (TPSA) is 89.4 Å². The zero-order chi connectivity index (χ0) is 8.04. The standard InChI is InChI=1S/C4H12N2O2S2/c5-1-3-9-10(7,8)4-2-6/h1-6H2/p+2. The Labute approximate surface area is 64.7 Å². The molecule has 0 radical (unpaired) electrons. The molecule has 4 nitrogen and oxygen atoms in total. The first-order chi connectivity index (χ1) is 4.62. The summed E-state index contributed by atoms with van der Waals surface area (Å²) in [5, 5.41) is 0. The van der Waals surface area contributed by atoms with Crippen molar-refractivity contribution in [1.82, 2.24) is 0 Å². The van der Waals surface area contributed by atoms with Crippen LogP contribution in [0.15, 0.2) is 0 Å². The molecule has 0 aliphatic rings. The van der Waals surface area contributed by atoms with Crippen LogP contribution < -0.4 is 11.5 Å². The summed E-state index contributed by atoms with van der Waals surface area (Å²) in [7, 11) is -1.91. The van der Waals surface area contributed by atoms with Crippen LogP contribution in [0.3, 0.4) is 0 Å². The molecule has 6 N–H and O–H groups in total. The van der Waals surface area contributed by atoms with Gasteiger partial charge in [0.1, 0.15) is 5.75 Å². The van der Waals surface area contributed by atoms with Crippen LogP contribution in [0.5, 0.6) is 0 Å². The van der Waals surface area contributed by atoms with E-state index in [0.29, 0.717) is 18.8 Å². The Bertz CT molecular complexity index is 166. The van der Waals surface area contributed by atoms with Crippen LogP contribution in [-0.2, 0) is 8.87 Å². The zero-order valence-electron chi connectivity index (χ0n) is 5.88. The Morgan fingerprint density at radius 3 is 2.20 bits per heavy atom. The lowest BCUT2D eigenvalue weighted by atomic mass is 10.8. The van der Waals surface area contributed by atoms with Crippen molar-refractivity contribution in [1.29, 1.82) is 0 Å². The second-order valence-corrected chi connectivity index (χ2v) is 6.19. The first kappa shape index (κ1) is 10.2. The summed E-state index contributed by atoms with van der Waals surface area (Å²) in [5.74, 6) is 0.764. The zero-order valence-corrected chi connectivity index (χ0v) is 7.51. The van der Waals surface area contributed by atoms with Crippen molar-refractivity contribution in [3.05, 3.63) is 0 Å². The van der Waals surface area contributed by atoms with E-state index in [0.717, 1.165) is 10.8 Å². The first-order valence-electron chi connectivity index (χ1n) is 3.08. The largest absolute Gasteiger partial charge is 0.357 e. The number of hydrogen-bond acceptors (Lipinski definition) is 3. The molecule has 0 aromatic rings. The van der Waals surface area contributed by atoms with Gasteiger partial charge < -0.3 is 11.5 Å².